The van der Waals surface area contributed by atoms with Gasteiger partial charge in [0.2, 0.25) is 11.8 Å². The Balaban J connectivity index is 1.61. The minimum absolute atomic E-state index is 0.177. The van der Waals surface area contributed by atoms with Crippen LogP contribution in [0.25, 0.3) is 0 Å². The Hall–Kier alpha value is -3.17. The van der Waals surface area contributed by atoms with Gasteiger partial charge in [0.05, 0.1) is 30.1 Å². The molecular weight excluding hydrogens is 496 g/mol. The highest BCUT2D eigenvalue weighted by Crippen LogP contribution is 2.58. The van der Waals surface area contributed by atoms with Gasteiger partial charge >= 0.3 is 0 Å². The minimum Gasteiger partial charge on any atom is -0.394 e. The lowest BCUT2D eigenvalue weighted by molar-refractivity contribution is -0.150. The molecule has 2 saturated heterocycles. The number of likely N-dealkylation sites (tertiary alicyclic amines) is 1. The number of amides is 3. The summed E-state index contributed by atoms with van der Waals surface area (Å²) in [6.45, 7) is 10.1. The van der Waals surface area contributed by atoms with Crippen molar-refractivity contribution in [2.24, 2.45) is 11.8 Å². The number of rotatable bonds is 7. The molecule has 2 fully saturated rings. The number of fused-ring (bicyclic) bond motifs is 2. The molecule has 1 aromatic rings. The van der Waals surface area contributed by atoms with Crippen LogP contribution >= 0.6 is 0 Å². The molecule has 0 saturated carbocycles. The van der Waals surface area contributed by atoms with Crippen LogP contribution in [0, 0.1) is 11.8 Å². The van der Waals surface area contributed by atoms with Crippen LogP contribution in [-0.2, 0) is 19.1 Å². The standard InChI is InChI=1S/C30H40N4O5/c1-6-20(19-35)34-25-28(38)33(22-13-11-21(12-14-22)32(7-2)8-3)18-10-16-30(25)24(27(34)37)23-26(36)31(5)17-9-15-29(23,4)39-30/h9-16,20,23-25,35H,6-8,17-19H2,1-5H3/t20-,23-,24-,25?,29+,30-/m0/s1. The van der Waals surface area contributed by atoms with E-state index >= 15 is 0 Å². The Labute approximate surface area is 230 Å². The fourth-order valence-corrected chi connectivity index (χ4v) is 7.05. The molecule has 9 nitrogen and oxygen atoms in total. The van der Waals surface area contributed by atoms with E-state index in [0.717, 1.165) is 24.5 Å². The van der Waals surface area contributed by atoms with Crippen LogP contribution in [0.1, 0.15) is 34.1 Å². The van der Waals surface area contributed by atoms with Gasteiger partial charge in [-0.1, -0.05) is 31.2 Å². The molecule has 4 aliphatic rings. The number of likely N-dealkylation sites (N-methyl/N-ethyl adjacent to an activating group) is 1. The normalized spacial score (nSPS) is 32.6. The summed E-state index contributed by atoms with van der Waals surface area (Å²) in [6, 6.07) is 6.29. The van der Waals surface area contributed by atoms with Crippen LogP contribution in [0.4, 0.5) is 11.4 Å². The zero-order valence-electron chi connectivity index (χ0n) is 23.5. The third-order valence-electron chi connectivity index (χ3n) is 9.06. The summed E-state index contributed by atoms with van der Waals surface area (Å²) in [7, 11) is 1.72. The number of hydrogen-bond acceptors (Lipinski definition) is 6. The van der Waals surface area contributed by atoms with Gasteiger partial charge in [-0.25, -0.2) is 0 Å². The van der Waals surface area contributed by atoms with Crippen molar-refractivity contribution in [3.63, 3.8) is 0 Å². The average molecular weight is 537 g/mol. The fourth-order valence-electron chi connectivity index (χ4n) is 7.05. The maximum Gasteiger partial charge on any atom is 0.253 e. The number of hydrogen-bond donors (Lipinski definition) is 1. The first-order valence-electron chi connectivity index (χ1n) is 14.1. The lowest BCUT2D eigenvalue weighted by Crippen LogP contribution is -2.58. The van der Waals surface area contributed by atoms with Gasteiger partial charge in [-0.2, -0.15) is 0 Å². The smallest absolute Gasteiger partial charge is 0.253 e. The molecule has 6 atom stereocenters. The second-order valence-electron chi connectivity index (χ2n) is 11.1. The van der Waals surface area contributed by atoms with Gasteiger partial charge in [0.1, 0.15) is 11.6 Å². The summed E-state index contributed by atoms with van der Waals surface area (Å²) < 4.78 is 6.80. The molecular formula is C30H40N4O5. The maximum atomic E-state index is 14.5. The molecule has 210 valence electrons. The topological polar surface area (TPSA) is 93.6 Å². The van der Waals surface area contributed by atoms with Crippen molar-refractivity contribution in [2.45, 2.75) is 57.4 Å². The molecule has 1 unspecified atom stereocenters. The van der Waals surface area contributed by atoms with E-state index in [-0.39, 0.29) is 24.3 Å². The largest absolute Gasteiger partial charge is 0.394 e. The molecule has 0 bridgehead atoms. The fraction of sp³-hybridized carbons (Fsp3) is 0.567. The van der Waals surface area contributed by atoms with E-state index in [2.05, 4.69) is 18.7 Å². The van der Waals surface area contributed by atoms with E-state index < -0.39 is 35.1 Å². The van der Waals surface area contributed by atoms with E-state index in [1.807, 2.05) is 62.4 Å². The minimum atomic E-state index is -1.33. The van der Waals surface area contributed by atoms with Crippen molar-refractivity contribution in [3.8, 4) is 0 Å². The third kappa shape index (κ3) is 4.00. The number of aliphatic hydroxyl groups excluding tert-OH is 1. The van der Waals surface area contributed by atoms with Crippen molar-refractivity contribution < 1.29 is 24.2 Å². The van der Waals surface area contributed by atoms with Crippen LogP contribution in [0.2, 0.25) is 0 Å². The lowest BCUT2D eigenvalue weighted by atomic mass is 9.74. The zero-order chi connectivity index (χ0) is 28.1. The molecule has 9 heteroatoms. The molecule has 1 aromatic carbocycles. The van der Waals surface area contributed by atoms with Crippen LogP contribution in [0.3, 0.4) is 0 Å². The molecule has 5 rings (SSSR count). The van der Waals surface area contributed by atoms with E-state index in [1.165, 1.54) is 4.90 Å². The Morgan fingerprint density at radius 3 is 2.26 bits per heavy atom. The van der Waals surface area contributed by atoms with E-state index in [9.17, 15) is 19.5 Å². The molecule has 0 aromatic heterocycles. The molecule has 1 spiro atoms. The van der Waals surface area contributed by atoms with Gasteiger partial charge in [0.25, 0.3) is 5.91 Å². The highest BCUT2D eigenvalue weighted by molar-refractivity contribution is 6.06. The number of carbonyl (C=O) groups is 3. The van der Waals surface area contributed by atoms with Gasteiger partial charge in [-0.05, 0) is 51.5 Å². The number of carbonyl (C=O) groups excluding carboxylic acids is 3. The molecule has 4 aliphatic heterocycles. The number of ether oxygens (including phenoxy) is 1. The zero-order valence-corrected chi connectivity index (χ0v) is 23.5. The molecule has 1 N–H and O–H groups in total. The number of anilines is 2. The SMILES string of the molecule is CC[C@@H](CO)N1C(=O)[C@@H]2[C@H]3C(=O)N(C)CC=C[C@@]3(C)O[C@@]23C=CCN(c2ccc(N(CC)CC)cc2)C(=O)C13. The second kappa shape index (κ2) is 10.1. The monoisotopic (exact) mass is 536 g/mol. The highest BCUT2D eigenvalue weighted by atomic mass is 16.5. The summed E-state index contributed by atoms with van der Waals surface area (Å²) >= 11 is 0. The van der Waals surface area contributed by atoms with Crippen LogP contribution < -0.4 is 9.80 Å². The maximum absolute atomic E-state index is 14.5. The summed E-state index contributed by atoms with van der Waals surface area (Å²) in [4.78, 5) is 49.5. The van der Waals surface area contributed by atoms with Crippen molar-refractivity contribution in [1.29, 1.82) is 0 Å². The quantitative estimate of drug-likeness (QED) is 0.537. The molecule has 0 radical (unpaired) electrons. The number of nitrogens with zero attached hydrogens (tertiary/aromatic N) is 4. The number of benzene rings is 1. The summed E-state index contributed by atoms with van der Waals surface area (Å²) in [6.07, 6.45) is 7.95. The number of aliphatic hydroxyl groups is 1. The molecule has 39 heavy (non-hydrogen) atoms. The summed E-state index contributed by atoms with van der Waals surface area (Å²) in [5.74, 6) is -2.43. The Kier molecular flexibility index (Phi) is 7.09. The van der Waals surface area contributed by atoms with Crippen molar-refractivity contribution in [1.82, 2.24) is 9.80 Å². The summed E-state index contributed by atoms with van der Waals surface area (Å²) in [5.41, 5.74) is -0.577. The van der Waals surface area contributed by atoms with Crippen molar-refractivity contribution in [2.75, 3.05) is 49.6 Å². The Bertz CT molecular complexity index is 1190. The van der Waals surface area contributed by atoms with Crippen LogP contribution in [0.15, 0.2) is 48.6 Å². The average Bonchev–Trinajstić information content (AvgIpc) is 3.21. The van der Waals surface area contributed by atoms with Crippen LogP contribution in [-0.4, -0.2) is 95.7 Å². The Morgan fingerprint density at radius 1 is 0.974 bits per heavy atom. The Morgan fingerprint density at radius 2 is 1.64 bits per heavy atom. The first-order chi connectivity index (χ1) is 18.7. The predicted octanol–water partition coefficient (Wildman–Crippen LogP) is 2.21. The second-order valence-corrected chi connectivity index (χ2v) is 11.1. The van der Waals surface area contributed by atoms with E-state index in [1.54, 1.807) is 16.8 Å². The van der Waals surface area contributed by atoms with Gasteiger partial charge in [-0.3, -0.25) is 14.4 Å². The molecule has 0 aliphatic carbocycles. The van der Waals surface area contributed by atoms with Gasteiger partial charge in [-0.15, -0.1) is 0 Å². The van der Waals surface area contributed by atoms with Crippen molar-refractivity contribution >= 4 is 29.1 Å². The van der Waals surface area contributed by atoms with Crippen molar-refractivity contribution in [3.05, 3.63) is 48.6 Å². The first-order valence-corrected chi connectivity index (χ1v) is 14.1. The van der Waals surface area contributed by atoms with Crippen LogP contribution in [0.5, 0.6) is 0 Å². The highest BCUT2D eigenvalue weighted by Gasteiger charge is 2.75. The van der Waals surface area contributed by atoms with Gasteiger partial charge < -0.3 is 29.4 Å². The molecule has 4 heterocycles. The predicted molar refractivity (Wildman–Crippen MR) is 149 cm³/mol. The summed E-state index contributed by atoms with van der Waals surface area (Å²) in [5, 5.41) is 10.3. The molecule has 3 amide bonds. The first kappa shape index (κ1) is 27.4. The van der Waals surface area contributed by atoms with E-state index in [0.29, 0.717) is 19.5 Å². The lowest BCUT2D eigenvalue weighted by Gasteiger charge is -2.40. The third-order valence-corrected chi connectivity index (χ3v) is 9.06. The van der Waals surface area contributed by atoms with Gasteiger partial charge in [0, 0.05) is 44.6 Å². The van der Waals surface area contributed by atoms with E-state index in [4.69, 9.17) is 4.74 Å². The van der Waals surface area contributed by atoms with Gasteiger partial charge in [0.15, 0.2) is 0 Å².